The first-order valence-corrected chi connectivity index (χ1v) is 5.82. The topological polar surface area (TPSA) is 45.8 Å². The summed E-state index contributed by atoms with van der Waals surface area (Å²) in [5.41, 5.74) is 2.51. The van der Waals surface area contributed by atoms with Gasteiger partial charge in [0, 0.05) is 11.1 Å². The highest BCUT2D eigenvalue weighted by Crippen LogP contribution is 2.38. The first kappa shape index (κ1) is 12.4. The van der Waals surface area contributed by atoms with Crippen molar-refractivity contribution in [3.05, 3.63) is 41.6 Å². The lowest BCUT2D eigenvalue weighted by Gasteiger charge is -2.10. The zero-order chi connectivity index (χ0) is 12.5. The highest BCUT2D eigenvalue weighted by atomic mass is 35.6. The number of nitrogens with zero attached hydrogens (tertiary/aromatic N) is 1. The van der Waals surface area contributed by atoms with Crippen molar-refractivity contribution >= 4 is 41.1 Å². The fraction of sp³-hybridized carbons (Fsp3) is 0.0909. The van der Waals surface area contributed by atoms with Crippen LogP contribution in [0.15, 0.2) is 30.3 Å². The van der Waals surface area contributed by atoms with Crippen molar-refractivity contribution in [1.29, 1.82) is 0 Å². The van der Waals surface area contributed by atoms with Crippen molar-refractivity contribution < 1.29 is 4.79 Å². The van der Waals surface area contributed by atoms with E-state index in [1.165, 1.54) is 0 Å². The number of carbonyl (C=O) groups excluding carboxylic acids is 1. The molecule has 3 nitrogen and oxygen atoms in total. The predicted octanol–water partition coefficient (Wildman–Crippen LogP) is 3.72. The van der Waals surface area contributed by atoms with Crippen LogP contribution >= 0.6 is 34.8 Å². The third kappa shape index (κ3) is 2.80. The lowest BCUT2D eigenvalue weighted by molar-refractivity contribution is 0.111. The Morgan fingerprint density at radius 1 is 1.18 bits per heavy atom. The van der Waals surface area contributed by atoms with Crippen molar-refractivity contribution in [3.63, 3.8) is 0 Å². The highest BCUT2D eigenvalue weighted by Gasteiger charge is 2.22. The van der Waals surface area contributed by atoms with Gasteiger partial charge in [-0.2, -0.15) is 5.10 Å². The van der Waals surface area contributed by atoms with Gasteiger partial charge in [-0.25, -0.2) is 0 Å². The number of alkyl halides is 3. The number of hydrogen-bond acceptors (Lipinski definition) is 2. The molecule has 6 heteroatoms. The molecule has 0 amide bonds. The van der Waals surface area contributed by atoms with E-state index in [9.17, 15) is 4.79 Å². The van der Waals surface area contributed by atoms with E-state index in [2.05, 4.69) is 10.2 Å². The maximum absolute atomic E-state index is 10.5. The molecule has 1 aromatic carbocycles. The molecule has 0 unspecified atom stereocenters. The molecule has 0 fully saturated rings. The first-order valence-electron chi connectivity index (χ1n) is 4.69. The summed E-state index contributed by atoms with van der Waals surface area (Å²) in [6.45, 7) is 0. The summed E-state index contributed by atoms with van der Waals surface area (Å²) in [5, 5.41) is 6.60. The van der Waals surface area contributed by atoms with Crippen LogP contribution < -0.4 is 0 Å². The fourth-order valence-corrected chi connectivity index (χ4v) is 1.75. The smallest absolute Gasteiger partial charge is 0.216 e. The molecule has 2 rings (SSSR count). The van der Waals surface area contributed by atoms with Gasteiger partial charge in [0.2, 0.25) is 3.79 Å². The van der Waals surface area contributed by atoms with E-state index >= 15 is 0 Å². The number of nitrogens with one attached hydrogen (secondary N) is 1. The van der Waals surface area contributed by atoms with Crippen LogP contribution in [0.1, 0.15) is 16.1 Å². The SMILES string of the molecule is O=Cc1cc(-c2ccc(C(Cl)(Cl)Cl)cc2)n[nH]1. The summed E-state index contributed by atoms with van der Waals surface area (Å²) in [6, 6.07) is 8.62. The van der Waals surface area contributed by atoms with Crippen molar-refractivity contribution in [2.24, 2.45) is 0 Å². The van der Waals surface area contributed by atoms with E-state index in [1.54, 1.807) is 30.3 Å². The van der Waals surface area contributed by atoms with E-state index in [0.29, 0.717) is 23.2 Å². The number of halogens is 3. The summed E-state index contributed by atoms with van der Waals surface area (Å²) in [6.07, 6.45) is 0.701. The summed E-state index contributed by atoms with van der Waals surface area (Å²) in [7, 11) is 0. The zero-order valence-electron chi connectivity index (χ0n) is 8.45. The van der Waals surface area contributed by atoms with Crippen LogP contribution in [0, 0.1) is 0 Å². The van der Waals surface area contributed by atoms with Crippen molar-refractivity contribution in [2.75, 3.05) is 0 Å². The Kier molecular flexibility index (Phi) is 3.43. The third-order valence-corrected chi connectivity index (χ3v) is 2.89. The molecule has 1 aromatic heterocycles. The van der Waals surface area contributed by atoms with Crippen LogP contribution in [-0.4, -0.2) is 16.5 Å². The molecule has 0 spiro atoms. The molecule has 0 radical (unpaired) electrons. The molecule has 0 bridgehead atoms. The number of rotatable bonds is 2. The number of aromatic amines is 1. The molecule has 0 aliphatic carbocycles. The van der Waals surface area contributed by atoms with Crippen LogP contribution in [0.2, 0.25) is 0 Å². The van der Waals surface area contributed by atoms with Gasteiger partial charge in [0.1, 0.15) is 0 Å². The molecule has 1 heterocycles. The maximum atomic E-state index is 10.5. The van der Waals surface area contributed by atoms with Gasteiger partial charge >= 0.3 is 0 Å². The van der Waals surface area contributed by atoms with Crippen LogP contribution in [-0.2, 0) is 3.79 Å². The van der Waals surface area contributed by atoms with E-state index in [0.717, 1.165) is 5.56 Å². The minimum absolute atomic E-state index is 0.422. The van der Waals surface area contributed by atoms with Gasteiger partial charge in [-0.3, -0.25) is 9.89 Å². The third-order valence-electron chi connectivity index (χ3n) is 2.23. The number of H-pyrrole nitrogens is 1. The first-order chi connectivity index (χ1) is 8.00. The second-order valence-electron chi connectivity index (χ2n) is 3.40. The lowest BCUT2D eigenvalue weighted by Crippen LogP contribution is -1.98. The number of aromatic nitrogens is 2. The van der Waals surface area contributed by atoms with Gasteiger partial charge < -0.3 is 0 Å². The highest BCUT2D eigenvalue weighted by molar-refractivity contribution is 6.66. The van der Waals surface area contributed by atoms with Gasteiger partial charge in [-0.1, -0.05) is 59.1 Å². The van der Waals surface area contributed by atoms with Crippen molar-refractivity contribution in [1.82, 2.24) is 10.2 Å². The summed E-state index contributed by atoms with van der Waals surface area (Å²) in [5.74, 6) is 0. The molecule has 17 heavy (non-hydrogen) atoms. The van der Waals surface area contributed by atoms with E-state index < -0.39 is 3.79 Å². The number of carbonyl (C=O) groups is 1. The molecule has 2 aromatic rings. The Labute approximate surface area is 113 Å². The summed E-state index contributed by atoms with van der Waals surface area (Å²) < 4.78 is -1.43. The van der Waals surface area contributed by atoms with Crippen LogP contribution in [0.25, 0.3) is 11.3 Å². The van der Waals surface area contributed by atoms with Crippen LogP contribution in [0.3, 0.4) is 0 Å². The Balaban J connectivity index is 2.32. The normalized spacial score (nSPS) is 11.5. The molecule has 0 aliphatic rings. The molecule has 0 saturated carbocycles. The number of aldehydes is 1. The average molecular weight is 290 g/mol. The van der Waals surface area contributed by atoms with Gasteiger partial charge in [-0.05, 0) is 6.07 Å². The van der Waals surface area contributed by atoms with E-state index in [1.807, 2.05) is 0 Å². The van der Waals surface area contributed by atoms with Crippen LogP contribution in [0.5, 0.6) is 0 Å². The quantitative estimate of drug-likeness (QED) is 0.676. The molecule has 0 saturated heterocycles. The van der Waals surface area contributed by atoms with Gasteiger partial charge in [-0.15, -0.1) is 0 Å². The fourth-order valence-electron chi connectivity index (χ4n) is 1.37. The molecular formula is C11H7Cl3N2O. The van der Waals surface area contributed by atoms with Crippen LogP contribution in [0.4, 0.5) is 0 Å². The molecule has 0 atom stereocenters. The number of benzene rings is 1. The average Bonchev–Trinajstić information content (AvgIpc) is 2.76. The summed E-state index contributed by atoms with van der Waals surface area (Å²) in [4.78, 5) is 10.5. The molecular weight excluding hydrogens is 282 g/mol. The Morgan fingerprint density at radius 2 is 1.82 bits per heavy atom. The Morgan fingerprint density at radius 3 is 2.29 bits per heavy atom. The predicted molar refractivity (Wildman–Crippen MR) is 68.6 cm³/mol. The zero-order valence-corrected chi connectivity index (χ0v) is 10.7. The largest absolute Gasteiger partial charge is 0.296 e. The van der Waals surface area contributed by atoms with E-state index in [-0.39, 0.29) is 0 Å². The maximum Gasteiger partial charge on any atom is 0.216 e. The Hall–Kier alpha value is -1.03. The summed E-state index contributed by atoms with van der Waals surface area (Å²) >= 11 is 17.2. The van der Waals surface area contributed by atoms with Gasteiger partial charge in [0.25, 0.3) is 0 Å². The lowest BCUT2D eigenvalue weighted by atomic mass is 10.1. The monoisotopic (exact) mass is 288 g/mol. The minimum Gasteiger partial charge on any atom is -0.296 e. The number of hydrogen-bond donors (Lipinski definition) is 1. The van der Waals surface area contributed by atoms with Gasteiger partial charge in [0.15, 0.2) is 6.29 Å². The molecule has 1 N–H and O–H groups in total. The van der Waals surface area contributed by atoms with E-state index in [4.69, 9.17) is 34.8 Å². The van der Waals surface area contributed by atoms with Gasteiger partial charge in [0.05, 0.1) is 11.4 Å². The molecule has 88 valence electrons. The standard InChI is InChI=1S/C11H7Cl3N2O/c12-11(13,14)8-3-1-7(2-4-8)10-5-9(6-17)15-16-10/h1-6H,(H,15,16). The minimum atomic E-state index is -1.43. The second kappa shape index (κ2) is 4.69. The van der Waals surface area contributed by atoms with Crippen molar-refractivity contribution in [3.8, 4) is 11.3 Å². The second-order valence-corrected chi connectivity index (χ2v) is 5.68. The molecule has 0 aliphatic heterocycles. The van der Waals surface area contributed by atoms with Crippen molar-refractivity contribution in [2.45, 2.75) is 3.79 Å². The Bertz CT molecular complexity index is 528.